The number of carbonyl (C=O) groups excluding carboxylic acids is 1. The standard InChI is InChI=1S/C25H21ClF2N2O2/c1-29-22-13-30(12-16-4-2-3-5-20(16)26)14-24(22)32-23-10-15(6-8-19(23)25(29)31)18-9-7-17(27)11-21(18)28/h2-11,22,24H,12-14H2,1H3. The van der Waals surface area contributed by atoms with Crippen molar-refractivity contribution in [2.75, 3.05) is 20.1 Å². The molecule has 1 fully saturated rings. The molecule has 0 aliphatic carbocycles. The van der Waals surface area contributed by atoms with Crippen molar-refractivity contribution in [2.24, 2.45) is 0 Å². The Morgan fingerprint density at radius 2 is 1.81 bits per heavy atom. The topological polar surface area (TPSA) is 32.8 Å². The molecule has 1 saturated heterocycles. The number of fused-ring (bicyclic) bond motifs is 2. The Balaban J connectivity index is 1.44. The van der Waals surface area contributed by atoms with Gasteiger partial charge in [-0.1, -0.05) is 35.9 Å². The van der Waals surface area contributed by atoms with Gasteiger partial charge < -0.3 is 9.64 Å². The van der Waals surface area contributed by atoms with Crippen molar-refractivity contribution < 1.29 is 18.3 Å². The smallest absolute Gasteiger partial charge is 0.257 e. The summed E-state index contributed by atoms with van der Waals surface area (Å²) in [6.07, 6.45) is -0.235. The molecule has 7 heteroatoms. The molecular formula is C25H21ClF2N2O2. The van der Waals surface area contributed by atoms with Crippen molar-refractivity contribution in [3.63, 3.8) is 0 Å². The molecule has 4 nitrogen and oxygen atoms in total. The fraction of sp³-hybridized carbons (Fsp3) is 0.240. The fourth-order valence-electron chi connectivity index (χ4n) is 4.51. The third-order valence-corrected chi connectivity index (χ3v) is 6.58. The van der Waals surface area contributed by atoms with Gasteiger partial charge in [-0.25, -0.2) is 8.78 Å². The Bertz CT molecular complexity index is 1200. The number of rotatable bonds is 3. The molecule has 0 saturated carbocycles. The highest BCUT2D eigenvalue weighted by atomic mass is 35.5. The van der Waals surface area contributed by atoms with Gasteiger partial charge in [0.2, 0.25) is 0 Å². The number of hydrogen-bond donors (Lipinski definition) is 0. The predicted octanol–water partition coefficient (Wildman–Crippen LogP) is 5.00. The zero-order chi connectivity index (χ0) is 22.4. The lowest BCUT2D eigenvalue weighted by Crippen LogP contribution is -2.44. The van der Waals surface area contributed by atoms with E-state index in [4.69, 9.17) is 16.3 Å². The molecule has 32 heavy (non-hydrogen) atoms. The van der Waals surface area contributed by atoms with Crippen LogP contribution in [0.2, 0.25) is 5.02 Å². The zero-order valence-electron chi connectivity index (χ0n) is 17.4. The van der Waals surface area contributed by atoms with E-state index in [-0.39, 0.29) is 23.6 Å². The molecule has 2 unspecified atom stereocenters. The van der Waals surface area contributed by atoms with Crippen molar-refractivity contribution in [1.29, 1.82) is 0 Å². The second-order valence-corrected chi connectivity index (χ2v) is 8.67. The summed E-state index contributed by atoms with van der Waals surface area (Å²) in [4.78, 5) is 17.1. The maximum absolute atomic E-state index is 14.3. The summed E-state index contributed by atoms with van der Waals surface area (Å²) in [6.45, 7) is 1.94. The third kappa shape index (κ3) is 3.74. The second-order valence-electron chi connectivity index (χ2n) is 8.26. The van der Waals surface area contributed by atoms with E-state index >= 15 is 0 Å². The van der Waals surface area contributed by atoms with Gasteiger partial charge in [0, 0.05) is 43.3 Å². The highest BCUT2D eigenvalue weighted by molar-refractivity contribution is 6.31. The predicted molar refractivity (Wildman–Crippen MR) is 119 cm³/mol. The van der Waals surface area contributed by atoms with Crippen LogP contribution in [-0.2, 0) is 6.54 Å². The van der Waals surface area contributed by atoms with Gasteiger partial charge in [-0.05, 0) is 41.5 Å². The van der Waals surface area contributed by atoms with Gasteiger partial charge in [-0.2, -0.15) is 0 Å². The Morgan fingerprint density at radius 3 is 2.59 bits per heavy atom. The quantitative estimate of drug-likeness (QED) is 0.558. The molecule has 3 aromatic carbocycles. The van der Waals surface area contributed by atoms with E-state index in [0.717, 1.165) is 11.6 Å². The molecule has 0 aromatic heterocycles. The average Bonchev–Trinajstić information content (AvgIpc) is 3.12. The number of benzene rings is 3. The molecule has 0 spiro atoms. The van der Waals surface area contributed by atoms with Crippen LogP contribution < -0.4 is 4.74 Å². The maximum atomic E-state index is 14.3. The molecule has 2 aliphatic heterocycles. The van der Waals surface area contributed by atoms with Crippen LogP contribution in [0.1, 0.15) is 15.9 Å². The van der Waals surface area contributed by atoms with Crippen molar-refractivity contribution in [3.05, 3.63) is 88.4 Å². The number of amides is 1. The average molecular weight is 455 g/mol. The summed E-state index contributed by atoms with van der Waals surface area (Å²) in [7, 11) is 1.78. The zero-order valence-corrected chi connectivity index (χ0v) is 18.2. The minimum atomic E-state index is -0.660. The van der Waals surface area contributed by atoms with Gasteiger partial charge >= 0.3 is 0 Å². The van der Waals surface area contributed by atoms with Gasteiger partial charge in [0.15, 0.2) is 0 Å². The lowest BCUT2D eigenvalue weighted by atomic mass is 10.0. The molecule has 5 rings (SSSR count). The molecular weight excluding hydrogens is 434 g/mol. The van der Waals surface area contributed by atoms with Crippen LogP contribution >= 0.6 is 11.6 Å². The van der Waals surface area contributed by atoms with Crippen LogP contribution in [0.5, 0.6) is 5.75 Å². The lowest BCUT2D eigenvalue weighted by molar-refractivity contribution is 0.0682. The van der Waals surface area contributed by atoms with E-state index in [9.17, 15) is 13.6 Å². The number of carbonyl (C=O) groups is 1. The first-order chi connectivity index (χ1) is 15.4. The number of hydrogen-bond acceptors (Lipinski definition) is 3. The van der Waals surface area contributed by atoms with Crippen molar-refractivity contribution in [1.82, 2.24) is 9.80 Å². The molecule has 0 N–H and O–H groups in total. The molecule has 0 radical (unpaired) electrons. The molecule has 2 aliphatic rings. The normalized spacial score (nSPS) is 20.5. The van der Waals surface area contributed by atoms with E-state index in [1.54, 1.807) is 30.1 Å². The Labute approximate surface area is 190 Å². The van der Waals surface area contributed by atoms with Crippen LogP contribution in [0, 0.1) is 11.6 Å². The summed E-state index contributed by atoms with van der Waals surface area (Å²) in [5, 5.41) is 0.709. The Hall–Kier alpha value is -2.96. The van der Waals surface area contributed by atoms with E-state index < -0.39 is 11.6 Å². The molecule has 3 aromatic rings. The highest BCUT2D eigenvalue weighted by Crippen LogP contribution is 2.35. The van der Waals surface area contributed by atoms with Crippen LogP contribution in [0.15, 0.2) is 60.7 Å². The van der Waals surface area contributed by atoms with Crippen molar-refractivity contribution in [3.8, 4) is 16.9 Å². The highest BCUT2D eigenvalue weighted by Gasteiger charge is 2.42. The van der Waals surface area contributed by atoms with Crippen molar-refractivity contribution in [2.45, 2.75) is 18.7 Å². The third-order valence-electron chi connectivity index (χ3n) is 6.21. The lowest BCUT2D eigenvalue weighted by Gasteiger charge is -2.25. The number of nitrogens with zero attached hydrogens (tertiary/aromatic N) is 2. The number of likely N-dealkylation sites (tertiary alicyclic amines) is 1. The summed E-state index contributed by atoms with van der Waals surface area (Å²) in [5.41, 5.74) is 2.24. The number of halogens is 3. The van der Waals surface area contributed by atoms with Gasteiger partial charge in [-0.3, -0.25) is 9.69 Å². The monoisotopic (exact) mass is 454 g/mol. The van der Waals surface area contributed by atoms with Crippen molar-refractivity contribution >= 4 is 17.5 Å². The van der Waals surface area contributed by atoms with Gasteiger partial charge in [0.1, 0.15) is 23.5 Å². The van der Waals surface area contributed by atoms with E-state index in [0.29, 0.717) is 41.5 Å². The van der Waals surface area contributed by atoms with E-state index in [1.165, 1.54) is 12.1 Å². The van der Waals surface area contributed by atoms with E-state index in [1.807, 2.05) is 24.3 Å². The van der Waals surface area contributed by atoms with E-state index in [2.05, 4.69) is 4.90 Å². The minimum Gasteiger partial charge on any atom is -0.486 e. The summed E-state index contributed by atoms with van der Waals surface area (Å²) in [5.74, 6) is -1.03. The number of likely N-dealkylation sites (N-methyl/N-ethyl adjacent to an activating group) is 1. The molecule has 2 atom stereocenters. The van der Waals surface area contributed by atoms with Gasteiger partial charge in [0.25, 0.3) is 5.91 Å². The summed E-state index contributed by atoms with van der Waals surface area (Å²) in [6, 6.07) is 16.0. The summed E-state index contributed by atoms with van der Waals surface area (Å²) >= 11 is 6.32. The van der Waals surface area contributed by atoms with Crippen LogP contribution in [-0.4, -0.2) is 48.0 Å². The first kappa shape index (κ1) is 20.9. The molecule has 1 amide bonds. The first-order valence-corrected chi connectivity index (χ1v) is 10.8. The Morgan fingerprint density at radius 1 is 1.03 bits per heavy atom. The van der Waals surface area contributed by atoms with Gasteiger partial charge in [0.05, 0.1) is 11.6 Å². The number of ether oxygens (including phenoxy) is 1. The van der Waals surface area contributed by atoms with Crippen LogP contribution in [0.4, 0.5) is 8.78 Å². The molecule has 0 bridgehead atoms. The summed E-state index contributed by atoms with van der Waals surface area (Å²) < 4.78 is 34.0. The SMILES string of the molecule is CN1C(=O)c2ccc(-c3ccc(F)cc3F)cc2OC2CN(Cc3ccccc3Cl)CC21. The fourth-order valence-corrected chi connectivity index (χ4v) is 4.70. The Kier molecular flexibility index (Phi) is 5.35. The van der Waals surface area contributed by atoms with Crippen LogP contribution in [0.3, 0.4) is 0 Å². The minimum absolute atomic E-state index is 0.122. The van der Waals surface area contributed by atoms with Gasteiger partial charge in [-0.15, -0.1) is 0 Å². The maximum Gasteiger partial charge on any atom is 0.257 e. The second kappa shape index (κ2) is 8.19. The largest absolute Gasteiger partial charge is 0.486 e. The molecule has 2 heterocycles. The van der Waals surface area contributed by atoms with Crippen LogP contribution in [0.25, 0.3) is 11.1 Å². The molecule has 164 valence electrons. The first-order valence-electron chi connectivity index (χ1n) is 10.4.